The molecule has 0 aliphatic carbocycles. The van der Waals surface area contributed by atoms with Gasteiger partial charge in [-0.2, -0.15) is 0 Å². The van der Waals surface area contributed by atoms with Crippen molar-refractivity contribution in [2.24, 2.45) is 11.7 Å². The molecule has 2 N–H and O–H groups in total. The predicted octanol–water partition coefficient (Wildman–Crippen LogP) is 2.31. The summed E-state index contributed by atoms with van der Waals surface area (Å²) in [6, 6.07) is 3.57. The van der Waals surface area contributed by atoms with Crippen LogP contribution >= 0.6 is 0 Å². The predicted molar refractivity (Wildman–Crippen MR) is 63.5 cm³/mol. The van der Waals surface area contributed by atoms with E-state index in [2.05, 4.69) is 4.90 Å². The lowest BCUT2D eigenvalue weighted by Crippen LogP contribution is -2.28. The monoisotopic (exact) mass is 240 g/mol. The van der Waals surface area contributed by atoms with Gasteiger partial charge in [0.2, 0.25) is 0 Å². The number of halogens is 2. The summed E-state index contributed by atoms with van der Waals surface area (Å²) < 4.78 is 27.1. The molecule has 0 aromatic heterocycles. The number of hydrogen-bond donors (Lipinski definition) is 1. The Balaban J connectivity index is 2.37. The zero-order valence-electron chi connectivity index (χ0n) is 10.00. The quantitative estimate of drug-likeness (QED) is 0.878. The maximum Gasteiger partial charge on any atom is 0.128 e. The smallest absolute Gasteiger partial charge is 0.128 e. The van der Waals surface area contributed by atoms with E-state index >= 15 is 0 Å². The maximum atomic E-state index is 13.8. The summed E-state index contributed by atoms with van der Waals surface area (Å²) in [4.78, 5) is 2.16. The van der Waals surface area contributed by atoms with Crippen LogP contribution in [0.3, 0.4) is 0 Å². The van der Waals surface area contributed by atoms with E-state index in [4.69, 9.17) is 5.73 Å². The molecule has 0 bridgehead atoms. The Morgan fingerprint density at radius 1 is 1.41 bits per heavy atom. The summed E-state index contributed by atoms with van der Waals surface area (Å²) in [5.74, 6) is -0.512. The molecule has 1 aromatic carbocycles. The minimum atomic E-state index is -0.389. The van der Waals surface area contributed by atoms with E-state index in [1.54, 1.807) is 0 Å². The van der Waals surface area contributed by atoms with E-state index in [1.807, 2.05) is 6.92 Å². The minimum Gasteiger partial charge on any atom is -0.330 e. The highest BCUT2D eigenvalue weighted by molar-refractivity contribution is 5.24. The molecule has 1 aromatic rings. The second-order valence-electron chi connectivity index (χ2n) is 4.52. The molecule has 94 valence electrons. The molecular formula is C13H18F2N2. The van der Waals surface area contributed by atoms with E-state index in [1.165, 1.54) is 12.1 Å². The number of benzene rings is 1. The van der Waals surface area contributed by atoms with Crippen LogP contribution in [0.15, 0.2) is 18.2 Å². The van der Waals surface area contributed by atoms with Crippen LogP contribution in [0, 0.1) is 17.6 Å². The van der Waals surface area contributed by atoms with Crippen molar-refractivity contribution in [2.45, 2.75) is 19.4 Å². The van der Waals surface area contributed by atoms with Gasteiger partial charge in [-0.25, -0.2) is 8.78 Å². The SMILES string of the molecule is CCN1CCC(CN)C1c1cc(F)ccc1F. The highest BCUT2D eigenvalue weighted by Crippen LogP contribution is 2.37. The van der Waals surface area contributed by atoms with Crippen molar-refractivity contribution >= 4 is 0 Å². The van der Waals surface area contributed by atoms with Crippen LogP contribution in [0.25, 0.3) is 0 Å². The first-order chi connectivity index (χ1) is 8.17. The third-order valence-electron chi connectivity index (χ3n) is 3.61. The van der Waals surface area contributed by atoms with Gasteiger partial charge in [-0.15, -0.1) is 0 Å². The van der Waals surface area contributed by atoms with Crippen LogP contribution in [-0.4, -0.2) is 24.5 Å². The van der Waals surface area contributed by atoms with Gasteiger partial charge in [-0.1, -0.05) is 6.92 Å². The molecule has 1 fully saturated rings. The van der Waals surface area contributed by atoms with Crippen LogP contribution in [-0.2, 0) is 0 Å². The van der Waals surface area contributed by atoms with Gasteiger partial charge >= 0.3 is 0 Å². The Labute approximate surface area is 100 Å². The molecule has 4 heteroatoms. The van der Waals surface area contributed by atoms with Crippen molar-refractivity contribution in [3.8, 4) is 0 Å². The Hall–Kier alpha value is -1.00. The van der Waals surface area contributed by atoms with Crippen molar-refractivity contribution in [3.05, 3.63) is 35.4 Å². The standard InChI is InChI=1S/C13H18F2N2/c1-2-17-6-5-9(8-16)13(17)11-7-10(14)3-4-12(11)15/h3-4,7,9,13H,2,5-6,8,16H2,1H3. The largest absolute Gasteiger partial charge is 0.330 e. The molecule has 2 atom stereocenters. The normalized spacial score (nSPS) is 25.4. The third kappa shape index (κ3) is 2.33. The Kier molecular flexibility index (Phi) is 3.74. The number of likely N-dealkylation sites (tertiary alicyclic amines) is 1. The molecule has 1 aliphatic heterocycles. The van der Waals surface area contributed by atoms with Crippen molar-refractivity contribution in [1.82, 2.24) is 4.90 Å². The summed E-state index contributed by atoms with van der Waals surface area (Å²) in [7, 11) is 0. The van der Waals surface area contributed by atoms with Gasteiger partial charge < -0.3 is 5.73 Å². The summed E-state index contributed by atoms with van der Waals surface area (Å²) in [5, 5.41) is 0. The molecular weight excluding hydrogens is 222 g/mol. The topological polar surface area (TPSA) is 29.3 Å². The maximum absolute atomic E-state index is 13.8. The Bertz CT molecular complexity index is 383. The first-order valence-corrected chi connectivity index (χ1v) is 6.06. The van der Waals surface area contributed by atoms with E-state index in [0.717, 1.165) is 25.6 Å². The van der Waals surface area contributed by atoms with Crippen LogP contribution < -0.4 is 5.73 Å². The van der Waals surface area contributed by atoms with Crippen molar-refractivity contribution in [2.75, 3.05) is 19.6 Å². The molecule has 0 saturated carbocycles. The minimum absolute atomic E-state index is 0.0827. The fourth-order valence-corrected chi connectivity index (χ4v) is 2.72. The van der Waals surface area contributed by atoms with Gasteiger partial charge in [0.1, 0.15) is 11.6 Å². The molecule has 1 saturated heterocycles. The van der Waals surface area contributed by atoms with E-state index < -0.39 is 0 Å². The van der Waals surface area contributed by atoms with Crippen LogP contribution in [0.5, 0.6) is 0 Å². The molecule has 1 heterocycles. The fraction of sp³-hybridized carbons (Fsp3) is 0.538. The molecule has 17 heavy (non-hydrogen) atoms. The highest BCUT2D eigenvalue weighted by atomic mass is 19.1. The Morgan fingerprint density at radius 3 is 2.82 bits per heavy atom. The summed E-state index contributed by atoms with van der Waals surface area (Å²) >= 11 is 0. The lowest BCUT2D eigenvalue weighted by molar-refractivity contribution is 0.236. The highest BCUT2D eigenvalue weighted by Gasteiger charge is 2.35. The molecule has 0 amide bonds. The van der Waals surface area contributed by atoms with Gasteiger partial charge in [-0.3, -0.25) is 4.90 Å². The van der Waals surface area contributed by atoms with Crippen LogP contribution in [0.2, 0.25) is 0 Å². The first-order valence-electron chi connectivity index (χ1n) is 6.06. The zero-order valence-corrected chi connectivity index (χ0v) is 10.00. The van der Waals surface area contributed by atoms with Crippen molar-refractivity contribution < 1.29 is 8.78 Å². The van der Waals surface area contributed by atoms with E-state index in [9.17, 15) is 8.78 Å². The number of hydrogen-bond acceptors (Lipinski definition) is 2. The average Bonchev–Trinajstić information content (AvgIpc) is 2.74. The van der Waals surface area contributed by atoms with Gasteiger partial charge in [0.15, 0.2) is 0 Å². The summed E-state index contributed by atoms with van der Waals surface area (Å²) in [6.07, 6.45) is 0.949. The Morgan fingerprint density at radius 2 is 2.18 bits per heavy atom. The molecule has 2 nitrogen and oxygen atoms in total. The number of nitrogens with zero attached hydrogens (tertiary/aromatic N) is 1. The van der Waals surface area contributed by atoms with Crippen LogP contribution in [0.4, 0.5) is 8.78 Å². The lowest BCUT2D eigenvalue weighted by atomic mass is 9.93. The summed E-state index contributed by atoms with van der Waals surface area (Å²) in [6.45, 7) is 4.27. The van der Waals surface area contributed by atoms with Gasteiger partial charge in [0, 0.05) is 11.6 Å². The van der Waals surface area contributed by atoms with Gasteiger partial charge in [-0.05, 0) is 50.2 Å². The molecule has 2 rings (SSSR count). The summed E-state index contributed by atoms with van der Waals surface area (Å²) in [5.41, 5.74) is 6.17. The van der Waals surface area contributed by atoms with Crippen LogP contribution in [0.1, 0.15) is 24.9 Å². The zero-order chi connectivity index (χ0) is 12.4. The number of rotatable bonds is 3. The van der Waals surface area contributed by atoms with E-state index in [-0.39, 0.29) is 23.6 Å². The fourth-order valence-electron chi connectivity index (χ4n) is 2.72. The van der Waals surface area contributed by atoms with Gasteiger partial charge in [0.25, 0.3) is 0 Å². The number of nitrogens with two attached hydrogens (primary N) is 1. The van der Waals surface area contributed by atoms with Crippen molar-refractivity contribution in [3.63, 3.8) is 0 Å². The van der Waals surface area contributed by atoms with E-state index in [0.29, 0.717) is 12.1 Å². The molecule has 0 spiro atoms. The second-order valence-corrected chi connectivity index (χ2v) is 4.52. The first kappa shape index (κ1) is 12.5. The molecule has 1 aliphatic rings. The van der Waals surface area contributed by atoms with Crippen molar-refractivity contribution in [1.29, 1.82) is 0 Å². The second kappa shape index (κ2) is 5.10. The lowest BCUT2D eigenvalue weighted by Gasteiger charge is -2.27. The third-order valence-corrected chi connectivity index (χ3v) is 3.61. The molecule has 0 radical (unpaired) electrons. The molecule has 2 unspecified atom stereocenters. The van der Waals surface area contributed by atoms with Gasteiger partial charge in [0.05, 0.1) is 0 Å². The average molecular weight is 240 g/mol.